The summed E-state index contributed by atoms with van der Waals surface area (Å²) in [6, 6.07) is 5.96. The summed E-state index contributed by atoms with van der Waals surface area (Å²) in [5, 5.41) is 2.98. The first-order chi connectivity index (χ1) is 8.02. The van der Waals surface area contributed by atoms with Gasteiger partial charge >= 0.3 is 0 Å². The molecule has 1 aromatic carbocycles. The van der Waals surface area contributed by atoms with Crippen LogP contribution >= 0.6 is 15.9 Å². The van der Waals surface area contributed by atoms with Gasteiger partial charge in [0, 0.05) is 16.6 Å². The Labute approximate surface area is 112 Å². The Morgan fingerprint density at radius 1 is 1.41 bits per heavy atom. The minimum Gasteiger partial charge on any atom is -0.326 e. The molecular weight excluding hydrogens is 278 g/mol. The Morgan fingerprint density at radius 3 is 2.71 bits per heavy atom. The average Bonchev–Trinajstić information content (AvgIpc) is 2.28. The largest absolute Gasteiger partial charge is 0.326 e. The first-order valence-electron chi connectivity index (χ1n) is 6.11. The molecule has 0 radical (unpaired) electrons. The molecule has 94 valence electrons. The Balaban J connectivity index is 2.64. The SMILES string of the molecule is CCc1cc(Br)ccc1NC(=O)CCC(C)C. The topological polar surface area (TPSA) is 29.1 Å². The van der Waals surface area contributed by atoms with Crippen LogP contribution in [-0.2, 0) is 11.2 Å². The maximum absolute atomic E-state index is 11.7. The molecule has 0 heterocycles. The predicted molar refractivity (Wildman–Crippen MR) is 76.2 cm³/mol. The fourth-order valence-corrected chi connectivity index (χ4v) is 2.02. The second-order valence-electron chi connectivity index (χ2n) is 4.64. The number of halogens is 1. The number of rotatable bonds is 5. The van der Waals surface area contributed by atoms with Gasteiger partial charge in [0.15, 0.2) is 0 Å². The Morgan fingerprint density at radius 2 is 2.12 bits per heavy atom. The molecule has 1 rings (SSSR count). The van der Waals surface area contributed by atoms with Gasteiger partial charge in [-0.3, -0.25) is 4.79 Å². The van der Waals surface area contributed by atoms with Crippen LogP contribution in [0.15, 0.2) is 22.7 Å². The zero-order chi connectivity index (χ0) is 12.8. The highest BCUT2D eigenvalue weighted by atomic mass is 79.9. The van der Waals surface area contributed by atoms with Gasteiger partial charge in [-0.25, -0.2) is 0 Å². The minimum atomic E-state index is 0.107. The lowest BCUT2D eigenvalue weighted by Crippen LogP contribution is -2.13. The summed E-state index contributed by atoms with van der Waals surface area (Å²) in [7, 11) is 0. The number of hydrogen-bond acceptors (Lipinski definition) is 1. The van der Waals surface area contributed by atoms with Crippen LogP contribution < -0.4 is 5.32 Å². The zero-order valence-electron chi connectivity index (χ0n) is 10.7. The van der Waals surface area contributed by atoms with Crippen LogP contribution in [0.4, 0.5) is 5.69 Å². The highest BCUT2D eigenvalue weighted by Crippen LogP contribution is 2.22. The third kappa shape index (κ3) is 4.90. The van der Waals surface area contributed by atoms with E-state index in [9.17, 15) is 4.79 Å². The highest BCUT2D eigenvalue weighted by Gasteiger charge is 2.07. The van der Waals surface area contributed by atoms with Crippen LogP contribution in [-0.4, -0.2) is 5.91 Å². The molecule has 3 heteroatoms. The summed E-state index contributed by atoms with van der Waals surface area (Å²) in [6.45, 7) is 6.35. The van der Waals surface area contributed by atoms with E-state index in [1.54, 1.807) is 0 Å². The maximum atomic E-state index is 11.7. The molecular formula is C14H20BrNO. The van der Waals surface area contributed by atoms with Crippen molar-refractivity contribution in [1.82, 2.24) is 0 Å². The van der Waals surface area contributed by atoms with Crippen LogP contribution in [0, 0.1) is 5.92 Å². The van der Waals surface area contributed by atoms with Crippen molar-refractivity contribution in [2.24, 2.45) is 5.92 Å². The summed E-state index contributed by atoms with van der Waals surface area (Å²) in [6.07, 6.45) is 2.44. The van der Waals surface area contributed by atoms with Crippen LogP contribution in [0.5, 0.6) is 0 Å². The molecule has 0 aliphatic rings. The van der Waals surface area contributed by atoms with Gasteiger partial charge in [-0.05, 0) is 42.5 Å². The second kappa shape index (κ2) is 6.80. The van der Waals surface area contributed by atoms with Gasteiger partial charge in [-0.1, -0.05) is 36.7 Å². The van der Waals surface area contributed by atoms with Crippen molar-refractivity contribution < 1.29 is 4.79 Å². The molecule has 0 saturated heterocycles. The van der Waals surface area contributed by atoms with Gasteiger partial charge < -0.3 is 5.32 Å². The van der Waals surface area contributed by atoms with E-state index in [-0.39, 0.29) is 5.91 Å². The van der Waals surface area contributed by atoms with E-state index in [0.29, 0.717) is 12.3 Å². The minimum absolute atomic E-state index is 0.107. The quantitative estimate of drug-likeness (QED) is 0.858. The summed E-state index contributed by atoms with van der Waals surface area (Å²) in [4.78, 5) is 11.7. The average molecular weight is 298 g/mol. The summed E-state index contributed by atoms with van der Waals surface area (Å²) in [5.41, 5.74) is 2.10. The van der Waals surface area contributed by atoms with Crippen LogP contribution in [0.3, 0.4) is 0 Å². The van der Waals surface area contributed by atoms with Crippen molar-refractivity contribution in [2.75, 3.05) is 5.32 Å². The van der Waals surface area contributed by atoms with Crippen molar-refractivity contribution >= 4 is 27.5 Å². The monoisotopic (exact) mass is 297 g/mol. The number of carbonyl (C=O) groups excluding carboxylic acids is 1. The first-order valence-corrected chi connectivity index (χ1v) is 6.90. The van der Waals surface area contributed by atoms with Crippen molar-refractivity contribution in [3.63, 3.8) is 0 Å². The van der Waals surface area contributed by atoms with Crippen molar-refractivity contribution in [3.05, 3.63) is 28.2 Å². The van der Waals surface area contributed by atoms with Gasteiger partial charge in [0.25, 0.3) is 0 Å². The third-order valence-electron chi connectivity index (χ3n) is 2.67. The lowest BCUT2D eigenvalue weighted by atomic mass is 10.1. The second-order valence-corrected chi connectivity index (χ2v) is 5.55. The molecule has 0 aliphatic carbocycles. The molecule has 0 aliphatic heterocycles. The Bertz CT molecular complexity index is 388. The summed E-state index contributed by atoms with van der Waals surface area (Å²) < 4.78 is 1.05. The molecule has 2 nitrogen and oxygen atoms in total. The van der Waals surface area contributed by atoms with Crippen LogP contribution in [0.1, 0.15) is 39.2 Å². The number of aryl methyl sites for hydroxylation is 1. The molecule has 17 heavy (non-hydrogen) atoms. The molecule has 1 aromatic rings. The predicted octanol–water partition coefficient (Wildman–Crippen LogP) is 4.39. The molecule has 0 aromatic heterocycles. The van der Waals surface area contributed by atoms with Crippen molar-refractivity contribution in [1.29, 1.82) is 0 Å². The van der Waals surface area contributed by atoms with E-state index in [0.717, 1.165) is 28.6 Å². The normalized spacial score (nSPS) is 10.6. The van der Waals surface area contributed by atoms with E-state index in [1.165, 1.54) is 0 Å². The number of nitrogens with one attached hydrogen (secondary N) is 1. The first kappa shape index (κ1) is 14.2. The Hall–Kier alpha value is -0.830. The number of amides is 1. The van der Waals surface area contributed by atoms with E-state index in [1.807, 2.05) is 12.1 Å². The Kier molecular flexibility index (Phi) is 5.69. The van der Waals surface area contributed by atoms with Gasteiger partial charge in [0.05, 0.1) is 0 Å². The van der Waals surface area contributed by atoms with Crippen LogP contribution in [0.2, 0.25) is 0 Å². The highest BCUT2D eigenvalue weighted by molar-refractivity contribution is 9.10. The molecule has 0 saturated carbocycles. The molecule has 1 amide bonds. The summed E-state index contributed by atoms with van der Waals surface area (Å²) >= 11 is 3.44. The molecule has 0 fully saturated rings. The third-order valence-corrected chi connectivity index (χ3v) is 3.16. The molecule has 0 unspecified atom stereocenters. The van der Waals surface area contributed by atoms with Gasteiger partial charge in [-0.15, -0.1) is 0 Å². The van der Waals surface area contributed by atoms with Crippen molar-refractivity contribution in [2.45, 2.75) is 40.0 Å². The fraction of sp³-hybridized carbons (Fsp3) is 0.500. The fourth-order valence-electron chi connectivity index (χ4n) is 1.61. The molecule has 0 bridgehead atoms. The smallest absolute Gasteiger partial charge is 0.224 e. The number of carbonyl (C=O) groups is 1. The lowest BCUT2D eigenvalue weighted by molar-refractivity contribution is -0.116. The van der Waals surface area contributed by atoms with E-state index >= 15 is 0 Å². The number of benzene rings is 1. The maximum Gasteiger partial charge on any atom is 0.224 e. The van der Waals surface area contributed by atoms with E-state index in [2.05, 4.69) is 48.1 Å². The number of anilines is 1. The van der Waals surface area contributed by atoms with Gasteiger partial charge in [-0.2, -0.15) is 0 Å². The van der Waals surface area contributed by atoms with Gasteiger partial charge in [0.1, 0.15) is 0 Å². The molecule has 0 atom stereocenters. The standard InChI is InChI=1S/C14H20BrNO/c1-4-11-9-12(15)6-7-13(11)16-14(17)8-5-10(2)3/h6-7,9-10H,4-5,8H2,1-3H3,(H,16,17). The number of hydrogen-bond donors (Lipinski definition) is 1. The van der Waals surface area contributed by atoms with Crippen molar-refractivity contribution in [3.8, 4) is 0 Å². The zero-order valence-corrected chi connectivity index (χ0v) is 12.3. The van der Waals surface area contributed by atoms with Crippen LogP contribution in [0.25, 0.3) is 0 Å². The van der Waals surface area contributed by atoms with Gasteiger partial charge in [0.2, 0.25) is 5.91 Å². The molecule has 0 spiro atoms. The van der Waals surface area contributed by atoms with E-state index in [4.69, 9.17) is 0 Å². The van der Waals surface area contributed by atoms with E-state index < -0.39 is 0 Å². The summed E-state index contributed by atoms with van der Waals surface area (Å²) in [5.74, 6) is 0.673. The molecule has 1 N–H and O–H groups in total. The lowest BCUT2D eigenvalue weighted by Gasteiger charge is -2.11.